The quantitative estimate of drug-likeness (QED) is 0.739. The van der Waals surface area contributed by atoms with E-state index in [4.69, 9.17) is 14.2 Å². The molecular formula is C15H22N2O4. The van der Waals surface area contributed by atoms with Crippen molar-refractivity contribution in [2.24, 2.45) is 0 Å². The van der Waals surface area contributed by atoms with Gasteiger partial charge in [0.05, 0.1) is 19.3 Å². The Labute approximate surface area is 124 Å². The highest BCUT2D eigenvalue weighted by Crippen LogP contribution is 2.33. The van der Waals surface area contributed by atoms with Crippen molar-refractivity contribution in [3.8, 4) is 11.5 Å². The van der Waals surface area contributed by atoms with Gasteiger partial charge in [0.25, 0.3) is 0 Å². The van der Waals surface area contributed by atoms with Crippen LogP contribution >= 0.6 is 0 Å². The predicted molar refractivity (Wildman–Crippen MR) is 77.7 cm³/mol. The first-order chi connectivity index (χ1) is 10.3. The Morgan fingerprint density at radius 3 is 2.86 bits per heavy atom. The lowest BCUT2D eigenvalue weighted by molar-refractivity contribution is 0.0380. The van der Waals surface area contributed by atoms with Crippen LogP contribution in [0.25, 0.3) is 0 Å². The van der Waals surface area contributed by atoms with E-state index in [2.05, 4.69) is 10.2 Å². The molecule has 2 N–H and O–H groups in total. The number of aliphatic hydroxyl groups is 1. The molecule has 1 aromatic rings. The molecule has 0 radical (unpaired) electrons. The summed E-state index contributed by atoms with van der Waals surface area (Å²) < 4.78 is 15.9. The molecule has 1 unspecified atom stereocenters. The normalized spacial score (nSPS) is 19.7. The zero-order valence-corrected chi connectivity index (χ0v) is 12.1. The maximum Gasteiger partial charge on any atom is 0.231 e. The van der Waals surface area contributed by atoms with Crippen LogP contribution in [-0.4, -0.2) is 62.7 Å². The zero-order valence-electron chi connectivity index (χ0n) is 12.1. The SMILES string of the molecule is OC(CNCCN1CCOCC1)c1ccc2c(c1)OCO2. The van der Waals surface area contributed by atoms with Crippen molar-refractivity contribution >= 4 is 0 Å². The standard InChI is InChI=1S/C15H22N2O4/c18-13(10-16-3-4-17-5-7-19-8-6-17)12-1-2-14-15(9-12)21-11-20-14/h1-2,9,13,16,18H,3-8,10-11H2. The molecule has 0 bridgehead atoms. The van der Waals surface area contributed by atoms with Crippen LogP contribution in [-0.2, 0) is 4.74 Å². The Balaban J connectivity index is 1.40. The second-order valence-electron chi connectivity index (χ2n) is 5.29. The molecule has 0 aliphatic carbocycles. The lowest BCUT2D eigenvalue weighted by Gasteiger charge is -2.26. The van der Waals surface area contributed by atoms with Crippen LogP contribution in [0.3, 0.4) is 0 Å². The average molecular weight is 294 g/mol. The highest BCUT2D eigenvalue weighted by molar-refractivity contribution is 5.45. The number of hydrogen-bond acceptors (Lipinski definition) is 6. The zero-order chi connectivity index (χ0) is 14.5. The molecule has 21 heavy (non-hydrogen) atoms. The Kier molecular flexibility index (Phi) is 4.92. The van der Waals surface area contributed by atoms with Gasteiger partial charge in [-0.2, -0.15) is 0 Å². The highest BCUT2D eigenvalue weighted by Gasteiger charge is 2.16. The summed E-state index contributed by atoms with van der Waals surface area (Å²) in [5.41, 5.74) is 0.845. The summed E-state index contributed by atoms with van der Waals surface area (Å²) in [6.45, 7) is 6.26. The predicted octanol–water partition coefficient (Wildman–Crippen LogP) is 0.371. The summed E-state index contributed by atoms with van der Waals surface area (Å²) in [4.78, 5) is 2.36. The van der Waals surface area contributed by atoms with Crippen molar-refractivity contribution in [1.82, 2.24) is 10.2 Å². The number of ether oxygens (including phenoxy) is 3. The largest absolute Gasteiger partial charge is 0.454 e. The second kappa shape index (κ2) is 7.09. The van der Waals surface area contributed by atoms with E-state index in [1.54, 1.807) is 0 Å². The number of nitrogens with zero attached hydrogens (tertiary/aromatic N) is 1. The van der Waals surface area contributed by atoms with E-state index in [1.807, 2.05) is 18.2 Å². The molecule has 0 saturated carbocycles. The minimum atomic E-state index is -0.538. The van der Waals surface area contributed by atoms with Gasteiger partial charge in [-0.25, -0.2) is 0 Å². The van der Waals surface area contributed by atoms with Crippen LogP contribution in [0.2, 0.25) is 0 Å². The molecule has 0 aromatic heterocycles. The molecule has 1 aromatic carbocycles. The fourth-order valence-corrected chi connectivity index (χ4v) is 2.54. The first-order valence-corrected chi connectivity index (χ1v) is 7.41. The van der Waals surface area contributed by atoms with Gasteiger partial charge < -0.3 is 24.6 Å². The first kappa shape index (κ1) is 14.6. The lowest BCUT2D eigenvalue weighted by Crippen LogP contribution is -2.40. The van der Waals surface area contributed by atoms with Gasteiger partial charge in [0.2, 0.25) is 6.79 Å². The molecule has 2 aliphatic heterocycles. The fourth-order valence-electron chi connectivity index (χ4n) is 2.54. The third-order valence-corrected chi connectivity index (χ3v) is 3.83. The van der Waals surface area contributed by atoms with E-state index in [-0.39, 0.29) is 6.79 Å². The molecule has 2 heterocycles. The van der Waals surface area contributed by atoms with Gasteiger partial charge in [0.15, 0.2) is 11.5 Å². The van der Waals surface area contributed by atoms with Crippen LogP contribution in [0, 0.1) is 0 Å². The van der Waals surface area contributed by atoms with E-state index in [1.165, 1.54) is 0 Å². The molecule has 6 heteroatoms. The van der Waals surface area contributed by atoms with E-state index in [0.717, 1.165) is 50.7 Å². The van der Waals surface area contributed by atoms with Gasteiger partial charge in [-0.15, -0.1) is 0 Å². The van der Waals surface area contributed by atoms with Gasteiger partial charge in [0, 0.05) is 32.7 Å². The smallest absolute Gasteiger partial charge is 0.231 e. The summed E-state index contributed by atoms with van der Waals surface area (Å²) in [6, 6.07) is 5.56. The van der Waals surface area contributed by atoms with Crippen LogP contribution in [0.15, 0.2) is 18.2 Å². The van der Waals surface area contributed by atoms with Crippen molar-refractivity contribution in [2.75, 3.05) is 52.7 Å². The number of rotatable bonds is 6. The van der Waals surface area contributed by atoms with Crippen molar-refractivity contribution < 1.29 is 19.3 Å². The molecule has 2 aliphatic rings. The lowest BCUT2D eigenvalue weighted by atomic mass is 10.1. The number of morpholine rings is 1. The summed E-state index contributed by atoms with van der Waals surface area (Å²) in [6.07, 6.45) is -0.538. The molecular weight excluding hydrogens is 272 g/mol. The number of nitrogens with one attached hydrogen (secondary N) is 1. The van der Waals surface area contributed by atoms with Crippen molar-refractivity contribution in [3.05, 3.63) is 23.8 Å². The number of hydrogen-bond donors (Lipinski definition) is 2. The topological polar surface area (TPSA) is 63.2 Å². The van der Waals surface area contributed by atoms with Gasteiger partial charge >= 0.3 is 0 Å². The highest BCUT2D eigenvalue weighted by atomic mass is 16.7. The third-order valence-electron chi connectivity index (χ3n) is 3.83. The summed E-state index contributed by atoms with van der Waals surface area (Å²) in [7, 11) is 0. The van der Waals surface area contributed by atoms with E-state index in [0.29, 0.717) is 12.3 Å². The fraction of sp³-hybridized carbons (Fsp3) is 0.600. The monoisotopic (exact) mass is 294 g/mol. The minimum absolute atomic E-state index is 0.257. The average Bonchev–Trinajstić information content (AvgIpc) is 3.00. The van der Waals surface area contributed by atoms with Gasteiger partial charge in [0.1, 0.15) is 0 Å². The summed E-state index contributed by atoms with van der Waals surface area (Å²) in [5, 5.41) is 13.5. The maximum absolute atomic E-state index is 10.2. The van der Waals surface area contributed by atoms with Crippen LogP contribution in [0.4, 0.5) is 0 Å². The molecule has 0 amide bonds. The van der Waals surface area contributed by atoms with Gasteiger partial charge in [-0.05, 0) is 17.7 Å². The Bertz CT molecular complexity index is 463. The van der Waals surface area contributed by atoms with Crippen molar-refractivity contribution in [1.29, 1.82) is 0 Å². The third kappa shape index (κ3) is 3.85. The first-order valence-electron chi connectivity index (χ1n) is 7.41. The second-order valence-corrected chi connectivity index (χ2v) is 5.29. The minimum Gasteiger partial charge on any atom is -0.454 e. The number of fused-ring (bicyclic) bond motifs is 1. The van der Waals surface area contributed by atoms with E-state index in [9.17, 15) is 5.11 Å². The van der Waals surface area contributed by atoms with E-state index >= 15 is 0 Å². The molecule has 6 nitrogen and oxygen atoms in total. The maximum atomic E-state index is 10.2. The van der Waals surface area contributed by atoms with Gasteiger partial charge in [-0.1, -0.05) is 6.07 Å². The molecule has 1 fully saturated rings. The van der Waals surface area contributed by atoms with Crippen LogP contribution in [0.5, 0.6) is 11.5 Å². The van der Waals surface area contributed by atoms with Crippen LogP contribution in [0.1, 0.15) is 11.7 Å². The molecule has 0 spiro atoms. The van der Waals surface area contributed by atoms with Crippen molar-refractivity contribution in [3.63, 3.8) is 0 Å². The van der Waals surface area contributed by atoms with Crippen molar-refractivity contribution in [2.45, 2.75) is 6.10 Å². The molecule has 1 atom stereocenters. The molecule has 1 saturated heterocycles. The summed E-state index contributed by atoms with van der Waals surface area (Å²) >= 11 is 0. The molecule has 3 rings (SSSR count). The molecule has 116 valence electrons. The Morgan fingerprint density at radius 1 is 1.19 bits per heavy atom. The van der Waals surface area contributed by atoms with Gasteiger partial charge in [-0.3, -0.25) is 4.90 Å². The summed E-state index contributed by atoms with van der Waals surface area (Å²) in [5.74, 6) is 1.45. The van der Waals surface area contributed by atoms with Crippen LogP contribution < -0.4 is 14.8 Å². The number of aliphatic hydroxyl groups excluding tert-OH is 1. The Morgan fingerprint density at radius 2 is 2.00 bits per heavy atom. The van der Waals surface area contributed by atoms with E-state index < -0.39 is 6.10 Å². The number of benzene rings is 1. The Hall–Kier alpha value is -1.34.